The number of aromatic carboxylic acids is 1. The number of fused-ring (bicyclic) bond motifs is 1. The minimum absolute atomic E-state index is 0.153. The highest BCUT2D eigenvalue weighted by atomic mass is 16.4. The molecule has 0 bridgehead atoms. The Morgan fingerprint density at radius 2 is 1.71 bits per heavy atom. The Hall–Kier alpha value is -3.98. The third-order valence-corrected chi connectivity index (χ3v) is 7.36. The highest BCUT2D eigenvalue weighted by Crippen LogP contribution is 2.33. The van der Waals surface area contributed by atoms with E-state index in [1.54, 1.807) is 19.1 Å². The van der Waals surface area contributed by atoms with Crippen LogP contribution in [0, 0.1) is 0 Å². The number of aliphatic hydroxyl groups is 1. The lowest BCUT2D eigenvalue weighted by molar-refractivity contribution is 0.0697. The third kappa shape index (κ3) is 5.47. The number of carboxylic acid groups (broad SMARTS) is 1. The second-order valence-corrected chi connectivity index (χ2v) is 9.99. The van der Waals surface area contributed by atoms with Gasteiger partial charge < -0.3 is 25.4 Å². The molecule has 0 spiro atoms. The number of aliphatic hydroxyl groups excluding tert-OH is 1. The molecule has 38 heavy (non-hydrogen) atoms. The fraction of sp³-hybridized carbons (Fsp3) is 0.379. The van der Waals surface area contributed by atoms with Gasteiger partial charge in [-0.05, 0) is 55.0 Å². The van der Waals surface area contributed by atoms with Gasteiger partial charge in [0.2, 0.25) is 5.95 Å². The summed E-state index contributed by atoms with van der Waals surface area (Å²) < 4.78 is 2.17. The zero-order valence-corrected chi connectivity index (χ0v) is 21.8. The number of carbonyl (C=O) groups is 1. The van der Waals surface area contributed by atoms with Crippen molar-refractivity contribution in [3.63, 3.8) is 0 Å². The molecule has 1 fully saturated rings. The Morgan fingerprint density at radius 3 is 2.32 bits per heavy atom. The highest BCUT2D eigenvalue weighted by Gasteiger charge is 2.23. The van der Waals surface area contributed by atoms with Crippen LogP contribution in [0.1, 0.15) is 67.9 Å². The second-order valence-electron chi connectivity index (χ2n) is 9.99. The van der Waals surface area contributed by atoms with Crippen LogP contribution < -0.4 is 10.6 Å². The average Bonchev–Trinajstić information content (AvgIpc) is 3.61. The SMILES string of the molecule is CCC(Nc1nc(NCc2ccc(-c3ccc(C(=O)O)cc3)cc2)c2ncn(C3CCCC3)c2n1)[C@@H](C)O. The highest BCUT2D eigenvalue weighted by molar-refractivity contribution is 5.88. The third-order valence-electron chi connectivity index (χ3n) is 7.36. The Kier molecular flexibility index (Phi) is 7.55. The minimum Gasteiger partial charge on any atom is -0.478 e. The van der Waals surface area contributed by atoms with Gasteiger partial charge in [0, 0.05) is 12.6 Å². The zero-order valence-electron chi connectivity index (χ0n) is 21.8. The van der Waals surface area contributed by atoms with Crippen LogP contribution >= 0.6 is 0 Å². The first-order valence-electron chi connectivity index (χ1n) is 13.3. The number of aromatic nitrogens is 4. The van der Waals surface area contributed by atoms with E-state index in [4.69, 9.17) is 15.1 Å². The summed E-state index contributed by atoms with van der Waals surface area (Å²) in [6.07, 6.45) is 6.76. The summed E-state index contributed by atoms with van der Waals surface area (Å²) >= 11 is 0. The molecule has 1 saturated carbocycles. The van der Waals surface area contributed by atoms with Gasteiger partial charge in [0.05, 0.1) is 24.0 Å². The summed E-state index contributed by atoms with van der Waals surface area (Å²) in [6, 6.07) is 15.3. The van der Waals surface area contributed by atoms with E-state index in [0.29, 0.717) is 24.4 Å². The topological polar surface area (TPSA) is 125 Å². The molecule has 1 unspecified atom stereocenters. The molecule has 4 aromatic rings. The summed E-state index contributed by atoms with van der Waals surface area (Å²) in [7, 11) is 0. The standard InChI is InChI=1S/C29H34N6O3/c1-3-24(18(2)36)32-29-33-26(25-27(34-29)35(17-31-25)23-6-4-5-7-23)30-16-19-8-10-20(11-9-19)21-12-14-22(15-13-21)28(37)38/h8-15,17-18,23-24,36H,3-7,16H2,1-2H3,(H,37,38)(H2,30,32,33,34)/t18-,24?/m1/s1. The van der Waals surface area contributed by atoms with Gasteiger partial charge in [0.25, 0.3) is 0 Å². The first-order chi connectivity index (χ1) is 18.4. The molecule has 4 N–H and O–H groups in total. The van der Waals surface area contributed by atoms with Gasteiger partial charge in [-0.25, -0.2) is 9.78 Å². The monoisotopic (exact) mass is 514 g/mol. The number of benzene rings is 2. The van der Waals surface area contributed by atoms with E-state index in [0.717, 1.165) is 47.1 Å². The van der Waals surface area contributed by atoms with Crippen molar-refractivity contribution in [3.05, 3.63) is 66.0 Å². The van der Waals surface area contributed by atoms with Crippen molar-refractivity contribution in [3.8, 4) is 11.1 Å². The normalized spacial score (nSPS) is 15.4. The van der Waals surface area contributed by atoms with E-state index in [1.807, 2.05) is 49.6 Å². The molecule has 0 saturated heterocycles. The molecule has 2 heterocycles. The quantitative estimate of drug-likeness (QED) is 0.219. The molecule has 9 heteroatoms. The van der Waals surface area contributed by atoms with Crippen LogP contribution in [-0.4, -0.2) is 47.8 Å². The zero-order chi connectivity index (χ0) is 26.6. The molecule has 2 aromatic carbocycles. The maximum Gasteiger partial charge on any atom is 0.335 e. The average molecular weight is 515 g/mol. The molecule has 2 aromatic heterocycles. The lowest BCUT2D eigenvalue weighted by Gasteiger charge is -2.20. The van der Waals surface area contributed by atoms with Crippen molar-refractivity contribution in [2.24, 2.45) is 0 Å². The van der Waals surface area contributed by atoms with Crippen molar-refractivity contribution in [2.75, 3.05) is 10.6 Å². The van der Waals surface area contributed by atoms with E-state index in [1.165, 1.54) is 12.8 Å². The Morgan fingerprint density at radius 1 is 1.05 bits per heavy atom. The number of hydrogen-bond acceptors (Lipinski definition) is 7. The minimum atomic E-state index is -0.931. The van der Waals surface area contributed by atoms with Gasteiger partial charge in [-0.1, -0.05) is 56.2 Å². The molecular weight excluding hydrogens is 480 g/mol. The number of hydrogen-bond donors (Lipinski definition) is 4. The van der Waals surface area contributed by atoms with Crippen molar-refractivity contribution >= 4 is 28.9 Å². The van der Waals surface area contributed by atoms with Gasteiger partial charge in [-0.3, -0.25) is 0 Å². The predicted molar refractivity (Wildman–Crippen MR) is 148 cm³/mol. The van der Waals surface area contributed by atoms with Crippen molar-refractivity contribution in [1.29, 1.82) is 0 Å². The second kappa shape index (κ2) is 11.2. The number of anilines is 2. The van der Waals surface area contributed by atoms with E-state index >= 15 is 0 Å². The summed E-state index contributed by atoms with van der Waals surface area (Å²) in [5, 5.41) is 26.0. The summed E-state index contributed by atoms with van der Waals surface area (Å²) in [4.78, 5) is 25.4. The van der Waals surface area contributed by atoms with Crippen LogP contribution in [0.3, 0.4) is 0 Å². The molecule has 1 aliphatic rings. The maximum atomic E-state index is 11.1. The number of nitrogens with zero attached hydrogens (tertiary/aromatic N) is 4. The largest absolute Gasteiger partial charge is 0.478 e. The summed E-state index contributed by atoms with van der Waals surface area (Å²) in [5.74, 6) is 0.204. The van der Waals surface area contributed by atoms with Gasteiger partial charge in [0.1, 0.15) is 0 Å². The molecule has 0 amide bonds. The van der Waals surface area contributed by atoms with Crippen LogP contribution in [0.25, 0.3) is 22.3 Å². The van der Waals surface area contributed by atoms with Crippen molar-refractivity contribution in [2.45, 2.75) is 70.7 Å². The summed E-state index contributed by atoms with van der Waals surface area (Å²) in [6.45, 7) is 4.34. The van der Waals surface area contributed by atoms with E-state index in [9.17, 15) is 9.90 Å². The molecular formula is C29H34N6O3. The van der Waals surface area contributed by atoms with Crippen LogP contribution in [-0.2, 0) is 6.54 Å². The molecule has 5 rings (SSSR count). The van der Waals surface area contributed by atoms with Gasteiger partial charge >= 0.3 is 5.97 Å². The van der Waals surface area contributed by atoms with Crippen molar-refractivity contribution in [1.82, 2.24) is 19.5 Å². The molecule has 1 aliphatic carbocycles. The fourth-order valence-electron chi connectivity index (χ4n) is 5.09. The molecule has 0 aliphatic heterocycles. The van der Waals surface area contributed by atoms with Crippen LogP contribution in [0.2, 0.25) is 0 Å². The Labute approximate surface area is 222 Å². The van der Waals surface area contributed by atoms with Crippen LogP contribution in [0.5, 0.6) is 0 Å². The maximum absolute atomic E-state index is 11.1. The molecule has 9 nitrogen and oxygen atoms in total. The number of carboxylic acids is 1. The Balaban J connectivity index is 1.38. The van der Waals surface area contributed by atoms with Gasteiger partial charge in [0.15, 0.2) is 17.0 Å². The lowest BCUT2D eigenvalue weighted by atomic mass is 10.0. The first kappa shape index (κ1) is 25.7. The smallest absolute Gasteiger partial charge is 0.335 e. The predicted octanol–water partition coefficient (Wildman–Crippen LogP) is 5.49. The fourth-order valence-corrected chi connectivity index (χ4v) is 5.09. The van der Waals surface area contributed by atoms with Crippen molar-refractivity contribution < 1.29 is 15.0 Å². The van der Waals surface area contributed by atoms with E-state index in [-0.39, 0.29) is 11.6 Å². The summed E-state index contributed by atoms with van der Waals surface area (Å²) in [5.41, 5.74) is 4.86. The van der Waals surface area contributed by atoms with Crippen LogP contribution in [0.4, 0.5) is 11.8 Å². The van der Waals surface area contributed by atoms with Gasteiger partial charge in [-0.15, -0.1) is 0 Å². The number of rotatable bonds is 10. The van der Waals surface area contributed by atoms with Gasteiger partial charge in [-0.2, -0.15) is 9.97 Å². The van der Waals surface area contributed by atoms with E-state index < -0.39 is 12.1 Å². The molecule has 0 radical (unpaired) electrons. The first-order valence-corrected chi connectivity index (χ1v) is 13.3. The Bertz CT molecular complexity index is 1390. The number of nitrogens with one attached hydrogen (secondary N) is 2. The van der Waals surface area contributed by atoms with Crippen LogP contribution in [0.15, 0.2) is 54.9 Å². The lowest BCUT2D eigenvalue weighted by Crippen LogP contribution is -2.31. The molecule has 2 atom stereocenters. The molecule has 198 valence electrons. The number of imidazole rings is 1. The van der Waals surface area contributed by atoms with E-state index in [2.05, 4.69) is 20.2 Å².